The topological polar surface area (TPSA) is 12.0 Å². The lowest BCUT2D eigenvalue weighted by Crippen LogP contribution is -2.34. The van der Waals surface area contributed by atoms with E-state index in [-0.39, 0.29) is 0 Å². The molecule has 0 aromatic carbocycles. The second kappa shape index (κ2) is 8.41. The van der Waals surface area contributed by atoms with E-state index >= 15 is 0 Å². The van der Waals surface area contributed by atoms with Crippen molar-refractivity contribution in [2.24, 2.45) is 5.92 Å². The third-order valence-corrected chi connectivity index (χ3v) is 4.67. The minimum absolute atomic E-state index is 0.760. The second-order valence-electron chi connectivity index (χ2n) is 5.42. The zero-order valence-electron chi connectivity index (χ0n) is 11.3. The third-order valence-electron chi connectivity index (χ3n) is 3.41. The maximum Gasteiger partial charge on any atom is 0.0160 e. The molecule has 0 heterocycles. The van der Waals surface area contributed by atoms with Crippen LogP contribution in [0.4, 0.5) is 0 Å². The minimum Gasteiger partial charge on any atom is -0.313 e. The van der Waals surface area contributed by atoms with Gasteiger partial charge in [0.05, 0.1) is 0 Å². The summed E-state index contributed by atoms with van der Waals surface area (Å²) in [5, 5.41) is 4.50. The van der Waals surface area contributed by atoms with Gasteiger partial charge in [0.25, 0.3) is 0 Å². The Morgan fingerprint density at radius 2 is 1.94 bits per heavy atom. The molecule has 0 bridgehead atoms. The van der Waals surface area contributed by atoms with E-state index in [1.54, 1.807) is 0 Å². The molecule has 1 aliphatic carbocycles. The van der Waals surface area contributed by atoms with Crippen molar-refractivity contribution in [3.05, 3.63) is 0 Å². The fourth-order valence-electron chi connectivity index (χ4n) is 2.52. The van der Waals surface area contributed by atoms with Crippen LogP contribution in [0.1, 0.15) is 59.3 Å². The lowest BCUT2D eigenvalue weighted by molar-refractivity contribution is 0.410. The summed E-state index contributed by atoms with van der Waals surface area (Å²) in [5.74, 6) is 2.32. The zero-order valence-corrected chi connectivity index (χ0v) is 12.1. The Labute approximate surface area is 106 Å². The summed E-state index contributed by atoms with van der Waals surface area (Å²) in [4.78, 5) is 0. The molecule has 2 heteroatoms. The molecule has 1 N–H and O–H groups in total. The van der Waals surface area contributed by atoms with Crippen LogP contribution in [0.15, 0.2) is 0 Å². The van der Waals surface area contributed by atoms with Crippen molar-refractivity contribution >= 4 is 11.8 Å². The summed E-state index contributed by atoms with van der Waals surface area (Å²) in [7, 11) is 0. The lowest BCUT2D eigenvalue weighted by atomic mass is 9.99. The van der Waals surface area contributed by atoms with Gasteiger partial charge in [-0.2, -0.15) is 11.8 Å². The van der Waals surface area contributed by atoms with Crippen LogP contribution in [0, 0.1) is 5.92 Å². The summed E-state index contributed by atoms with van der Waals surface area (Å²) in [6, 6.07) is 0.760. The van der Waals surface area contributed by atoms with Gasteiger partial charge in [-0.15, -0.1) is 0 Å². The van der Waals surface area contributed by atoms with Crippen LogP contribution in [-0.2, 0) is 0 Å². The molecule has 0 aromatic rings. The van der Waals surface area contributed by atoms with Gasteiger partial charge in [0.15, 0.2) is 0 Å². The molecular formula is C14H29NS. The van der Waals surface area contributed by atoms with Crippen LogP contribution in [0.25, 0.3) is 0 Å². The fourth-order valence-corrected chi connectivity index (χ4v) is 3.39. The van der Waals surface area contributed by atoms with Gasteiger partial charge in [-0.05, 0) is 30.6 Å². The summed E-state index contributed by atoms with van der Waals surface area (Å²) in [6.45, 7) is 8.06. The number of rotatable bonds is 8. The third kappa shape index (κ3) is 6.15. The number of thioether (sulfide) groups is 1. The van der Waals surface area contributed by atoms with Crippen molar-refractivity contribution in [2.45, 2.75) is 70.6 Å². The summed E-state index contributed by atoms with van der Waals surface area (Å²) >= 11 is 2.11. The van der Waals surface area contributed by atoms with Crippen molar-refractivity contribution < 1.29 is 0 Å². The van der Waals surface area contributed by atoms with Gasteiger partial charge in [0.1, 0.15) is 0 Å². The molecule has 0 saturated heterocycles. The van der Waals surface area contributed by atoms with Crippen molar-refractivity contribution in [3.63, 3.8) is 0 Å². The van der Waals surface area contributed by atoms with Crippen LogP contribution in [0.5, 0.6) is 0 Å². The lowest BCUT2D eigenvalue weighted by Gasteiger charge is -2.22. The zero-order chi connectivity index (χ0) is 11.8. The molecule has 0 amide bonds. The maximum atomic E-state index is 3.73. The first-order valence-corrected chi connectivity index (χ1v) is 8.12. The van der Waals surface area contributed by atoms with E-state index in [9.17, 15) is 0 Å². The molecule has 16 heavy (non-hydrogen) atoms. The molecule has 0 radical (unpaired) electrons. The van der Waals surface area contributed by atoms with Crippen LogP contribution in [0.2, 0.25) is 0 Å². The van der Waals surface area contributed by atoms with E-state index in [0.717, 1.165) is 17.2 Å². The molecule has 1 rings (SSSR count). The average molecular weight is 243 g/mol. The van der Waals surface area contributed by atoms with E-state index < -0.39 is 0 Å². The Morgan fingerprint density at radius 3 is 2.50 bits per heavy atom. The van der Waals surface area contributed by atoms with Gasteiger partial charge < -0.3 is 5.32 Å². The molecule has 1 fully saturated rings. The quantitative estimate of drug-likeness (QED) is 0.689. The first-order valence-electron chi connectivity index (χ1n) is 7.07. The van der Waals surface area contributed by atoms with Gasteiger partial charge in [0.2, 0.25) is 0 Å². The molecule has 0 aromatic heterocycles. The second-order valence-corrected chi connectivity index (χ2v) is 7.03. The summed E-state index contributed by atoms with van der Waals surface area (Å²) < 4.78 is 0. The highest BCUT2D eigenvalue weighted by Gasteiger charge is 2.19. The Bertz CT molecular complexity index is 164. The van der Waals surface area contributed by atoms with Crippen LogP contribution in [0.3, 0.4) is 0 Å². The van der Waals surface area contributed by atoms with Crippen molar-refractivity contribution in [3.8, 4) is 0 Å². The Kier molecular flexibility index (Phi) is 7.55. The van der Waals surface area contributed by atoms with Crippen molar-refractivity contribution in [1.29, 1.82) is 0 Å². The highest BCUT2D eigenvalue weighted by molar-refractivity contribution is 7.99. The maximum absolute atomic E-state index is 3.73. The Morgan fingerprint density at radius 1 is 1.25 bits per heavy atom. The van der Waals surface area contributed by atoms with E-state index in [0.29, 0.717) is 0 Å². The van der Waals surface area contributed by atoms with Gasteiger partial charge >= 0.3 is 0 Å². The van der Waals surface area contributed by atoms with Gasteiger partial charge in [-0.1, -0.05) is 46.5 Å². The highest BCUT2D eigenvalue weighted by Crippen LogP contribution is 2.29. The normalized spacial score (nSPS) is 19.5. The van der Waals surface area contributed by atoms with Crippen molar-refractivity contribution in [1.82, 2.24) is 5.32 Å². The highest BCUT2D eigenvalue weighted by atomic mass is 32.2. The first kappa shape index (κ1) is 14.4. The molecule has 1 nitrogen and oxygen atoms in total. The molecule has 0 aliphatic heterocycles. The van der Waals surface area contributed by atoms with Crippen LogP contribution >= 0.6 is 11.8 Å². The smallest absolute Gasteiger partial charge is 0.0160 e. The van der Waals surface area contributed by atoms with E-state index in [1.165, 1.54) is 50.8 Å². The molecule has 0 spiro atoms. The van der Waals surface area contributed by atoms with Crippen LogP contribution in [-0.4, -0.2) is 23.6 Å². The SMILES string of the molecule is CCCNC(CSC(C)C)CC1CCCC1. The monoisotopic (exact) mass is 243 g/mol. The van der Waals surface area contributed by atoms with E-state index in [2.05, 4.69) is 37.8 Å². The average Bonchev–Trinajstić information content (AvgIpc) is 2.74. The molecule has 1 unspecified atom stereocenters. The predicted octanol–water partition coefficient (Wildman–Crippen LogP) is 4.08. The predicted molar refractivity (Wildman–Crippen MR) is 76.3 cm³/mol. The van der Waals surface area contributed by atoms with Crippen LogP contribution < -0.4 is 5.32 Å². The molecule has 1 saturated carbocycles. The number of hydrogen-bond donors (Lipinski definition) is 1. The Hall–Kier alpha value is 0.310. The van der Waals surface area contributed by atoms with Gasteiger partial charge in [-0.3, -0.25) is 0 Å². The van der Waals surface area contributed by atoms with E-state index in [4.69, 9.17) is 0 Å². The molecule has 96 valence electrons. The van der Waals surface area contributed by atoms with Gasteiger partial charge in [0, 0.05) is 11.8 Å². The largest absolute Gasteiger partial charge is 0.313 e. The summed E-state index contributed by atoms with van der Waals surface area (Å²) in [5.41, 5.74) is 0. The molecule has 1 atom stereocenters. The number of nitrogens with one attached hydrogen (secondary N) is 1. The van der Waals surface area contributed by atoms with E-state index in [1.807, 2.05) is 0 Å². The standard InChI is InChI=1S/C14H29NS/c1-4-9-15-14(11-16-12(2)3)10-13-7-5-6-8-13/h12-15H,4-11H2,1-3H3. The molecular weight excluding hydrogens is 214 g/mol. The summed E-state index contributed by atoms with van der Waals surface area (Å²) in [6.07, 6.45) is 8.59. The Balaban J connectivity index is 2.24. The number of hydrogen-bond acceptors (Lipinski definition) is 2. The van der Waals surface area contributed by atoms with Gasteiger partial charge in [-0.25, -0.2) is 0 Å². The first-order chi connectivity index (χ1) is 7.72. The molecule has 1 aliphatic rings. The van der Waals surface area contributed by atoms with Crippen molar-refractivity contribution in [2.75, 3.05) is 12.3 Å². The minimum atomic E-state index is 0.760. The fraction of sp³-hybridized carbons (Fsp3) is 1.00.